The summed E-state index contributed by atoms with van der Waals surface area (Å²) >= 11 is 0. The quantitative estimate of drug-likeness (QED) is 0.530. The van der Waals surface area contributed by atoms with E-state index in [1.807, 2.05) is 0 Å². The zero-order valence-electron chi connectivity index (χ0n) is 15.8. The van der Waals surface area contributed by atoms with Gasteiger partial charge >= 0.3 is 0 Å². The summed E-state index contributed by atoms with van der Waals surface area (Å²) in [5.41, 5.74) is 2.91. The highest BCUT2D eigenvalue weighted by atomic mass is 16.3. The number of rotatable bonds is 2. The summed E-state index contributed by atoms with van der Waals surface area (Å²) < 4.78 is 0. The summed E-state index contributed by atoms with van der Waals surface area (Å²) in [6.45, 7) is 12.0. The van der Waals surface area contributed by atoms with Crippen molar-refractivity contribution in [1.82, 2.24) is 0 Å². The lowest BCUT2D eigenvalue weighted by Crippen LogP contribution is -2.58. The van der Waals surface area contributed by atoms with Crippen LogP contribution in [0.4, 0.5) is 0 Å². The van der Waals surface area contributed by atoms with Crippen molar-refractivity contribution < 1.29 is 10.2 Å². The number of hydrogen-bond donors (Lipinski definition) is 2. The first-order valence-electron chi connectivity index (χ1n) is 9.32. The SMILES string of the molecule is CC1=CCCC2(C)C1(C)CCC(C)C2(C)Cc1cc(O)ccc1O. The van der Waals surface area contributed by atoms with Gasteiger partial charge < -0.3 is 10.2 Å². The van der Waals surface area contributed by atoms with Gasteiger partial charge in [0.25, 0.3) is 0 Å². The van der Waals surface area contributed by atoms with Crippen molar-refractivity contribution in [1.29, 1.82) is 0 Å². The molecular weight excluding hydrogens is 296 g/mol. The minimum Gasteiger partial charge on any atom is -0.508 e. The van der Waals surface area contributed by atoms with Crippen LogP contribution >= 0.6 is 0 Å². The molecule has 0 amide bonds. The number of allylic oxidation sites excluding steroid dienone is 2. The Balaban J connectivity index is 2.09. The zero-order chi connectivity index (χ0) is 17.8. The number of fused-ring (bicyclic) bond motifs is 1. The van der Waals surface area contributed by atoms with Gasteiger partial charge in [-0.25, -0.2) is 0 Å². The van der Waals surface area contributed by atoms with Crippen molar-refractivity contribution in [2.75, 3.05) is 0 Å². The van der Waals surface area contributed by atoms with Crippen molar-refractivity contribution >= 4 is 0 Å². The van der Waals surface area contributed by atoms with E-state index in [1.54, 1.807) is 18.2 Å². The van der Waals surface area contributed by atoms with Gasteiger partial charge in [-0.3, -0.25) is 0 Å². The second-order valence-electron chi connectivity index (χ2n) is 8.94. The van der Waals surface area contributed by atoms with Gasteiger partial charge in [0, 0.05) is 0 Å². The zero-order valence-corrected chi connectivity index (χ0v) is 15.8. The van der Waals surface area contributed by atoms with Crippen molar-refractivity contribution in [2.45, 2.75) is 66.7 Å². The number of hydrogen-bond acceptors (Lipinski definition) is 2. The van der Waals surface area contributed by atoms with E-state index in [2.05, 4.69) is 40.7 Å². The Morgan fingerprint density at radius 3 is 2.54 bits per heavy atom. The van der Waals surface area contributed by atoms with Gasteiger partial charge in [-0.1, -0.05) is 39.3 Å². The number of phenolic OH excluding ortho intramolecular Hbond substituents is 2. The molecule has 132 valence electrons. The minimum absolute atomic E-state index is 0.0841. The lowest BCUT2D eigenvalue weighted by Gasteiger charge is -2.65. The monoisotopic (exact) mass is 328 g/mol. The first kappa shape index (κ1) is 17.4. The van der Waals surface area contributed by atoms with E-state index in [1.165, 1.54) is 24.8 Å². The van der Waals surface area contributed by atoms with E-state index >= 15 is 0 Å². The molecule has 3 rings (SSSR count). The van der Waals surface area contributed by atoms with E-state index in [9.17, 15) is 10.2 Å². The molecule has 2 aliphatic rings. The predicted molar refractivity (Wildman–Crippen MR) is 99.2 cm³/mol. The Morgan fingerprint density at radius 2 is 1.83 bits per heavy atom. The molecule has 0 aliphatic heterocycles. The normalized spacial score (nSPS) is 39.2. The lowest BCUT2D eigenvalue weighted by molar-refractivity contribution is -0.124. The maximum absolute atomic E-state index is 10.3. The van der Waals surface area contributed by atoms with Crippen LogP contribution in [0, 0.1) is 22.2 Å². The summed E-state index contributed by atoms with van der Waals surface area (Å²) in [4.78, 5) is 0. The van der Waals surface area contributed by atoms with Crippen molar-refractivity contribution in [3.8, 4) is 11.5 Å². The summed E-state index contributed by atoms with van der Waals surface area (Å²) in [6, 6.07) is 4.92. The van der Waals surface area contributed by atoms with Gasteiger partial charge in [-0.15, -0.1) is 0 Å². The molecule has 0 aromatic heterocycles. The number of aromatic hydroxyl groups is 2. The van der Waals surface area contributed by atoms with Crippen molar-refractivity contribution in [3.63, 3.8) is 0 Å². The van der Waals surface area contributed by atoms with Crippen LogP contribution in [0.2, 0.25) is 0 Å². The minimum atomic E-state index is 0.0841. The highest BCUT2D eigenvalue weighted by Gasteiger charge is 2.61. The van der Waals surface area contributed by atoms with Crippen LogP contribution < -0.4 is 0 Å². The van der Waals surface area contributed by atoms with Crippen LogP contribution in [0.25, 0.3) is 0 Å². The molecule has 1 fully saturated rings. The van der Waals surface area contributed by atoms with Gasteiger partial charge in [0.1, 0.15) is 11.5 Å². The van der Waals surface area contributed by atoms with Gasteiger partial charge in [-0.05, 0) is 85.0 Å². The van der Waals surface area contributed by atoms with Gasteiger partial charge in [0.05, 0.1) is 0 Å². The first-order chi connectivity index (χ1) is 11.1. The Hall–Kier alpha value is -1.44. The third-order valence-corrected chi connectivity index (χ3v) is 8.23. The molecule has 0 spiro atoms. The summed E-state index contributed by atoms with van der Waals surface area (Å²) in [6.07, 6.45) is 8.05. The molecule has 2 heteroatoms. The molecule has 1 saturated carbocycles. The molecule has 0 heterocycles. The standard InChI is InChI=1S/C22H32O2/c1-15-7-6-11-22(5)20(15,3)12-10-16(2)21(22,4)14-17-13-18(23)8-9-19(17)24/h7-9,13,16,23-24H,6,10-12,14H2,1-5H3. The maximum atomic E-state index is 10.3. The van der Waals surface area contributed by atoms with E-state index < -0.39 is 0 Å². The van der Waals surface area contributed by atoms with E-state index in [0.29, 0.717) is 11.7 Å². The maximum Gasteiger partial charge on any atom is 0.119 e. The average Bonchev–Trinajstić information content (AvgIpc) is 2.52. The smallest absolute Gasteiger partial charge is 0.119 e. The van der Waals surface area contributed by atoms with Gasteiger partial charge in [0.15, 0.2) is 0 Å². The van der Waals surface area contributed by atoms with Crippen LogP contribution in [-0.2, 0) is 6.42 Å². The Morgan fingerprint density at radius 1 is 1.12 bits per heavy atom. The molecule has 0 saturated heterocycles. The molecule has 2 aliphatic carbocycles. The Kier molecular flexibility index (Phi) is 4.01. The van der Waals surface area contributed by atoms with Crippen LogP contribution in [0.5, 0.6) is 11.5 Å². The molecule has 0 radical (unpaired) electrons. The molecular formula is C22H32O2. The highest BCUT2D eigenvalue weighted by Crippen LogP contribution is 2.68. The summed E-state index contributed by atoms with van der Waals surface area (Å²) in [7, 11) is 0. The first-order valence-corrected chi connectivity index (χ1v) is 9.32. The molecule has 4 atom stereocenters. The fourth-order valence-corrected chi connectivity index (χ4v) is 5.75. The summed E-state index contributed by atoms with van der Waals surface area (Å²) in [5, 5.41) is 20.2. The van der Waals surface area contributed by atoms with E-state index in [-0.39, 0.29) is 22.0 Å². The van der Waals surface area contributed by atoms with E-state index in [0.717, 1.165) is 18.4 Å². The molecule has 1 aromatic rings. The van der Waals surface area contributed by atoms with Crippen molar-refractivity contribution in [2.24, 2.45) is 22.2 Å². The van der Waals surface area contributed by atoms with E-state index in [4.69, 9.17) is 0 Å². The van der Waals surface area contributed by atoms with Crippen molar-refractivity contribution in [3.05, 3.63) is 35.4 Å². The molecule has 2 N–H and O–H groups in total. The van der Waals surface area contributed by atoms with Crippen LogP contribution in [0.3, 0.4) is 0 Å². The topological polar surface area (TPSA) is 40.5 Å². The molecule has 24 heavy (non-hydrogen) atoms. The predicted octanol–water partition coefficient (Wildman–Crippen LogP) is 5.83. The second-order valence-corrected chi connectivity index (χ2v) is 8.94. The fourth-order valence-electron chi connectivity index (χ4n) is 5.75. The molecule has 0 bridgehead atoms. The Bertz CT molecular complexity index is 677. The Labute approximate surface area is 146 Å². The number of benzene rings is 1. The van der Waals surface area contributed by atoms with Gasteiger partial charge in [-0.2, -0.15) is 0 Å². The van der Waals surface area contributed by atoms with Crippen LogP contribution in [-0.4, -0.2) is 10.2 Å². The second kappa shape index (κ2) is 5.54. The third kappa shape index (κ3) is 2.22. The molecule has 4 unspecified atom stereocenters. The van der Waals surface area contributed by atoms with Crippen LogP contribution in [0.15, 0.2) is 29.8 Å². The lowest BCUT2D eigenvalue weighted by atomic mass is 9.39. The molecule has 2 nitrogen and oxygen atoms in total. The third-order valence-electron chi connectivity index (χ3n) is 8.23. The molecule has 1 aromatic carbocycles. The van der Waals surface area contributed by atoms with Gasteiger partial charge in [0.2, 0.25) is 0 Å². The average molecular weight is 328 g/mol. The summed E-state index contributed by atoms with van der Waals surface area (Å²) in [5.74, 6) is 1.13. The largest absolute Gasteiger partial charge is 0.508 e. The fraction of sp³-hybridized carbons (Fsp3) is 0.636. The number of phenols is 2. The van der Waals surface area contributed by atoms with Crippen LogP contribution in [0.1, 0.15) is 65.9 Å². The highest BCUT2D eigenvalue weighted by molar-refractivity contribution is 5.40.